The van der Waals surface area contributed by atoms with Crippen molar-refractivity contribution in [3.63, 3.8) is 0 Å². The summed E-state index contributed by atoms with van der Waals surface area (Å²) in [4.78, 5) is 11.9. The van der Waals surface area contributed by atoms with Crippen molar-refractivity contribution in [3.8, 4) is 11.5 Å². The molecule has 6 nitrogen and oxygen atoms in total. The van der Waals surface area contributed by atoms with Gasteiger partial charge in [-0.25, -0.2) is 0 Å². The Hall–Kier alpha value is -2.47. The number of aromatic nitrogens is 2. The lowest BCUT2D eigenvalue weighted by atomic mass is 10.2. The molecular formula is C15H14ClN3O3. The number of hydrogen-bond acceptors (Lipinski definition) is 4. The molecule has 3 rings (SSSR count). The van der Waals surface area contributed by atoms with E-state index in [4.69, 9.17) is 21.1 Å². The molecule has 1 aromatic carbocycles. The van der Waals surface area contributed by atoms with Crippen LogP contribution >= 0.6 is 11.6 Å². The van der Waals surface area contributed by atoms with Gasteiger partial charge in [-0.05, 0) is 30.7 Å². The Morgan fingerprint density at radius 1 is 1.41 bits per heavy atom. The number of fused-ring (bicyclic) bond motifs is 1. The minimum Gasteiger partial charge on any atom is -0.454 e. The zero-order valence-corrected chi connectivity index (χ0v) is 12.8. The molecule has 7 heteroatoms. The number of nitrogens with one attached hydrogen (secondary N) is 1. The van der Waals surface area contributed by atoms with Crippen molar-refractivity contribution in [1.82, 2.24) is 9.78 Å². The number of rotatable bonds is 3. The maximum atomic E-state index is 11.9. The number of halogens is 1. The van der Waals surface area contributed by atoms with E-state index < -0.39 is 0 Å². The number of ether oxygens (including phenoxy) is 2. The molecule has 0 radical (unpaired) electrons. The summed E-state index contributed by atoms with van der Waals surface area (Å²) in [7, 11) is 1.77. The molecule has 0 fully saturated rings. The van der Waals surface area contributed by atoms with Crippen LogP contribution in [0.25, 0.3) is 6.08 Å². The summed E-state index contributed by atoms with van der Waals surface area (Å²) in [5.41, 5.74) is 1.59. The molecule has 1 amide bonds. The van der Waals surface area contributed by atoms with Crippen molar-refractivity contribution in [1.29, 1.82) is 0 Å². The Kier molecular flexibility index (Phi) is 3.77. The van der Waals surface area contributed by atoms with Crippen LogP contribution in [0.1, 0.15) is 11.3 Å². The molecule has 0 saturated carbocycles. The lowest BCUT2D eigenvalue weighted by molar-refractivity contribution is -0.111. The van der Waals surface area contributed by atoms with Gasteiger partial charge in [-0.3, -0.25) is 9.48 Å². The predicted molar refractivity (Wildman–Crippen MR) is 83.2 cm³/mol. The molecule has 0 spiro atoms. The van der Waals surface area contributed by atoms with E-state index in [-0.39, 0.29) is 12.7 Å². The lowest BCUT2D eigenvalue weighted by Crippen LogP contribution is -2.11. The molecule has 1 aromatic heterocycles. The van der Waals surface area contributed by atoms with Gasteiger partial charge in [-0.1, -0.05) is 11.6 Å². The highest BCUT2D eigenvalue weighted by atomic mass is 35.5. The third kappa shape index (κ3) is 2.92. The van der Waals surface area contributed by atoms with Crippen LogP contribution < -0.4 is 14.8 Å². The molecule has 1 aliphatic heterocycles. The smallest absolute Gasteiger partial charge is 0.249 e. The minimum absolute atomic E-state index is 0.155. The van der Waals surface area contributed by atoms with E-state index in [9.17, 15) is 4.79 Å². The molecule has 2 aromatic rings. The standard InChI is InChI=1S/C15H14ClN3O3/c1-9-5-13(19(2)18-9)17-14(20)4-3-10-6-11(16)15-12(7-10)21-8-22-15/h3-7H,8H2,1-2H3,(H,17,20)/b4-3+. The molecule has 2 heterocycles. The normalized spacial score (nSPS) is 12.9. The molecule has 114 valence electrons. The number of carbonyl (C=O) groups excluding carboxylic acids is 1. The van der Waals surface area contributed by atoms with E-state index in [2.05, 4.69) is 10.4 Å². The molecule has 0 bridgehead atoms. The topological polar surface area (TPSA) is 65.4 Å². The molecular weight excluding hydrogens is 306 g/mol. The van der Waals surface area contributed by atoms with E-state index in [1.54, 1.807) is 36.0 Å². The highest BCUT2D eigenvalue weighted by Crippen LogP contribution is 2.40. The van der Waals surface area contributed by atoms with Crippen molar-refractivity contribution in [2.75, 3.05) is 12.1 Å². The van der Waals surface area contributed by atoms with Crippen LogP contribution in [0.3, 0.4) is 0 Å². The maximum absolute atomic E-state index is 11.9. The number of nitrogens with zero attached hydrogens (tertiary/aromatic N) is 2. The summed E-state index contributed by atoms with van der Waals surface area (Å²) in [5.74, 6) is 1.50. The first kappa shape index (κ1) is 14.5. The zero-order valence-electron chi connectivity index (χ0n) is 12.1. The van der Waals surface area contributed by atoms with Gasteiger partial charge in [-0.2, -0.15) is 5.10 Å². The lowest BCUT2D eigenvalue weighted by Gasteiger charge is -2.02. The fourth-order valence-electron chi connectivity index (χ4n) is 2.15. The van der Waals surface area contributed by atoms with Gasteiger partial charge in [0.2, 0.25) is 12.7 Å². The maximum Gasteiger partial charge on any atom is 0.249 e. The van der Waals surface area contributed by atoms with Gasteiger partial charge in [-0.15, -0.1) is 0 Å². The fourth-order valence-corrected chi connectivity index (χ4v) is 2.42. The van der Waals surface area contributed by atoms with Crippen molar-refractivity contribution in [3.05, 3.63) is 40.6 Å². The second-order valence-corrected chi connectivity index (χ2v) is 5.26. The average molecular weight is 320 g/mol. The molecule has 0 atom stereocenters. The summed E-state index contributed by atoms with van der Waals surface area (Å²) in [6.45, 7) is 2.02. The Morgan fingerprint density at radius 2 is 2.23 bits per heavy atom. The largest absolute Gasteiger partial charge is 0.454 e. The minimum atomic E-state index is -0.253. The number of hydrogen-bond donors (Lipinski definition) is 1. The average Bonchev–Trinajstić information content (AvgIpc) is 3.04. The second-order valence-electron chi connectivity index (χ2n) is 4.85. The van der Waals surface area contributed by atoms with E-state index in [1.165, 1.54) is 6.08 Å². The molecule has 0 aliphatic carbocycles. The summed E-state index contributed by atoms with van der Waals surface area (Å²) in [6, 6.07) is 5.28. The van der Waals surface area contributed by atoms with Crippen molar-refractivity contribution in [2.45, 2.75) is 6.92 Å². The van der Waals surface area contributed by atoms with Gasteiger partial charge in [0.15, 0.2) is 11.5 Å². The van der Waals surface area contributed by atoms with Crippen molar-refractivity contribution >= 4 is 29.4 Å². The van der Waals surface area contributed by atoms with Crippen LogP contribution in [0.2, 0.25) is 5.02 Å². The van der Waals surface area contributed by atoms with Crippen LogP contribution in [0.15, 0.2) is 24.3 Å². The Balaban J connectivity index is 1.73. The van der Waals surface area contributed by atoms with Gasteiger partial charge in [0, 0.05) is 19.2 Å². The van der Waals surface area contributed by atoms with Gasteiger partial charge in [0.05, 0.1) is 10.7 Å². The fraction of sp³-hybridized carbons (Fsp3) is 0.200. The second kappa shape index (κ2) is 5.73. The summed E-state index contributed by atoms with van der Waals surface area (Å²) < 4.78 is 12.1. The van der Waals surface area contributed by atoms with Crippen molar-refractivity contribution < 1.29 is 14.3 Å². The number of benzene rings is 1. The van der Waals surface area contributed by atoms with Gasteiger partial charge in [0.25, 0.3) is 0 Å². The number of amides is 1. The summed E-state index contributed by atoms with van der Waals surface area (Å²) >= 11 is 6.09. The van der Waals surface area contributed by atoms with E-state index in [0.717, 1.165) is 11.3 Å². The number of anilines is 1. The van der Waals surface area contributed by atoms with Crippen molar-refractivity contribution in [2.24, 2.45) is 7.05 Å². The van der Waals surface area contributed by atoms with Crippen LogP contribution in [0.5, 0.6) is 11.5 Å². The number of carbonyl (C=O) groups is 1. The van der Waals surface area contributed by atoms with Crippen LogP contribution in [0.4, 0.5) is 5.82 Å². The van der Waals surface area contributed by atoms with Gasteiger partial charge >= 0.3 is 0 Å². The Bertz CT molecular complexity index is 768. The van der Waals surface area contributed by atoms with E-state index in [1.807, 2.05) is 6.92 Å². The molecule has 0 saturated heterocycles. The first-order valence-electron chi connectivity index (χ1n) is 6.62. The van der Waals surface area contributed by atoms with Gasteiger partial charge in [0.1, 0.15) is 5.82 Å². The Labute approximate surface area is 132 Å². The SMILES string of the molecule is Cc1cc(NC(=O)/C=C/c2cc(Cl)c3c(c2)OCO3)n(C)n1. The third-order valence-corrected chi connectivity index (χ3v) is 3.41. The first-order chi connectivity index (χ1) is 10.5. The molecule has 0 unspecified atom stereocenters. The molecule has 1 aliphatic rings. The monoisotopic (exact) mass is 319 g/mol. The van der Waals surface area contributed by atoms with Crippen LogP contribution in [-0.2, 0) is 11.8 Å². The van der Waals surface area contributed by atoms with Crippen LogP contribution in [0, 0.1) is 6.92 Å². The Morgan fingerprint density at radius 3 is 2.95 bits per heavy atom. The zero-order chi connectivity index (χ0) is 15.7. The number of aryl methyl sites for hydroxylation is 2. The molecule has 22 heavy (non-hydrogen) atoms. The summed E-state index contributed by atoms with van der Waals surface area (Å²) in [5, 5.41) is 7.37. The van der Waals surface area contributed by atoms with Crippen LogP contribution in [-0.4, -0.2) is 22.5 Å². The third-order valence-electron chi connectivity index (χ3n) is 3.13. The highest BCUT2D eigenvalue weighted by molar-refractivity contribution is 6.32. The first-order valence-corrected chi connectivity index (χ1v) is 6.99. The van der Waals surface area contributed by atoms with Gasteiger partial charge < -0.3 is 14.8 Å². The quantitative estimate of drug-likeness (QED) is 0.883. The predicted octanol–water partition coefficient (Wildman–Crippen LogP) is 2.76. The van der Waals surface area contributed by atoms with E-state index in [0.29, 0.717) is 22.3 Å². The highest BCUT2D eigenvalue weighted by Gasteiger charge is 2.17. The van der Waals surface area contributed by atoms with E-state index >= 15 is 0 Å². The summed E-state index contributed by atoms with van der Waals surface area (Å²) in [6.07, 6.45) is 3.09. The molecule has 1 N–H and O–H groups in total.